The summed E-state index contributed by atoms with van der Waals surface area (Å²) >= 11 is 0. The van der Waals surface area contributed by atoms with Gasteiger partial charge in [-0.1, -0.05) is 19.3 Å². The summed E-state index contributed by atoms with van der Waals surface area (Å²) in [6.45, 7) is 8.79. The molecule has 2 nitrogen and oxygen atoms in total. The molecule has 2 rings (SSSR count). The first-order valence-electron chi connectivity index (χ1n) is 7.88. The minimum Gasteiger partial charge on any atom is -0.375 e. The van der Waals surface area contributed by atoms with Crippen molar-refractivity contribution in [3.05, 3.63) is 0 Å². The van der Waals surface area contributed by atoms with Crippen molar-refractivity contribution >= 4 is 0 Å². The van der Waals surface area contributed by atoms with Crippen molar-refractivity contribution in [2.24, 2.45) is 5.92 Å². The summed E-state index contributed by atoms with van der Waals surface area (Å²) in [7, 11) is 0. The van der Waals surface area contributed by atoms with Crippen LogP contribution in [0.25, 0.3) is 0 Å². The molecule has 0 spiro atoms. The third kappa shape index (κ3) is 4.24. The fourth-order valence-electron chi connectivity index (χ4n) is 2.93. The van der Waals surface area contributed by atoms with Gasteiger partial charge in [0.25, 0.3) is 0 Å². The molecule has 2 aliphatic carbocycles. The molecular formula is C16H31NO. The SMILES string of the molecule is CC(C)(C)NCCC1(OCCC2CCC2)CCC1. The van der Waals surface area contributed by atoms with Crippen LogP contribution in [0.1, 0.15) is 72.1 Å². The van der Waals surface area contributed by atoms with Gasteiger partial charge in [-0.2, -0.15) is 0 Å². The van der Waals surface area contributed by atoms with Crippen LogP contribution in [0.3, 0.4) is 0 Å². The monoisotopic (exact) mass is 253 g/mol. The van der Waals surface area contributed by atoms with Gasteiger partial charge >= 0.3 is 0 Å². The first kappa shape index (κ1) is 14.3. The van der Waals surface area contributed by atoms with Crippen LogP contribution in [0.2, 0.25) is 0 Å². The second-order valence-corrected chi connectivity index (χ2v) is 7.40. The Morgan fingerprint density at radius 1 is 1.17 bits per heavy atom. The Morgan fingerprint density at radius 3 is 2.33 bits per heavy atom. The Balaban J connectivity index is 1.62. The van der Waals surface area contributed by atoms with Crippen molar-refractivity contribution in [3.8, 4) is 0 Å². The van der Waals surface area contributed by atoms with Gasteiger partial charge in [0.1, 0.15) is 0 Å². The van der Waals surface area contributed by atoms with Gasteiger partial charge in [0.2, 0.25) is 0 Å². The molecule has 0 aromatic heterocycles. The van der Waals surface area contributed by atoms with E-state index in [1.54, 1.807) is 0 Å². The van der Waals surface area contributed by atoms with Crippen LogP contribution >= 0.6 is 0 Å². The fraction of sp³-hybridized carbons (Fsp3) is 1.00. The molecule has 0 heterocycles. The van der Waals surface area contributed by atoms with E-state index in [1.807, 2.05) is 0 Å². The first-order valence-corrected chi connectivity index (χ1v) is 7.88. The molecule has 2 aliphatic rings. The molecular weight excluding hydrogens is 222 g/mol. The van der Waals surface area contributed by atoms with Crippen molar-refractivity contribution < 1.29 is 4.74 Å². The Hall–Kier alpha value is -0.0800. The molecule has 2 saturated carbocycles. The molecule has 2 heteroatoms. The summed E-state index contributed by atoms with van der Waals surface area (Å²) < 4.78 is 6.25. The quantitative estimate of drug-likeness (QED) is 0.743. The van der Waals surface area contributed by atoms with Crippen LogP contribution in [-0.2, 0) is 4.74 Å². The van der Waals surface area contributed by atoms with E-state index in [1.165, 1.54) is 51.4 Å². The number of rotatable bonds is 7. The Labute approximate surface area is 113 Å². The van der Waals surface area contributed by atoms with Crippen LogP contribution in [0.5, 0.6) is 0 Å². The highest BCUT2D eigenvalue weighted by molar-refractivity contribution is 4.91. The third-order valence-corrected chi connectivity index (χ3v) is 4.66. The lowest BCUT2D eigenvalue weighted by Gasteiger charge is -2.43. The second-order valence-electron chi connectivity index (χ2n) is 7.40. The zero-order valence-electron chi connectivity index (χ0n) is 12.6. The van der Waals surface area contributed by atoms with E-state index in [-0.39, 0.29) is 11.1 Å². The highest BCUT2D eigenvalue weighted by Gasteiger charge is 2.37. The van der Waals surface area contributed by atoms with Gasteiger partial charge < -0.3 is 10.1 Å². The molecule has 0 aromatic rings. The molecule has 2 fully saturated rings. The topological polar surface area (TPSA) is 21.3 Å². The minimum atomic E-state index is 0.233. The molecule has 0 bridgehead atoms. The zero-order chi connectivity index (χ0) is 13.1. The molecule has 18 heavy (non-hydrogen) atoms. The van der Waals surface area contributed by atoms with Crippen molar-refractivity contribution in [2.75, 3.05) is 13.2 Å². The van der Waals surface area contributed by atoms with E-state index < -0.39 is 0 Å². The van der Waals surface area contributed by atoms with E-state index in [9.17, 15) is 0 Å². The van der Waals surface area contributed by atoms with Crippen LogP contribution in [0, 0.1) is 5.92 Å². The van der Waals surface area contributed by atoms with Gasteiger partial charge in [0.15, 0.2) is 0 Å². The summed E-state index contributed by atoms with van der Waals surface area (Å²) in [5.74, 6) is 0.981. The average Bonchev–Trinajstić information content (AvgIpc) is 2.14. The highest BCUT2D eigenvalue weighted by Crippen LogP contribution is 2.39. The molecule has 0 atom stereocenters. The molecule has 106 valence electrons. The molecule has 0 amide bonds. The fourth-order valence-corrected chi connectivity index (χ4v) is 2.93. The van der Waals surface area contributed by atoms with E-state index in [2.05, 4.69) is 26.1 Å². The number of nitrogens with one attached hydrogen (secondary N) is 1. The number of hydrogen-bond donors (Lipinski definition) is 1. The maximum atomic E-state index is 6.25. The lowest BCUT2D eigenvalue weighted by atomic mass is 9.77. The summed E-state index contributed by atoms with van der Waals surface area (Å²) in [6.07, 6.45) is 10.8. The van der Waals surface area contributed by atoms with Crippen LogP contribution in [0.15, 0.2) is 0 Å². The molecule has 0 aromatic carbocycles. The Kier molecular flexibility index (Phi) is 4.71. The van der Waals surface area contributed by atoms with Gasteiger partial charge in [0.05, 0.1) is 5.60 Å². The summed E-state index contributed by atoms with van der Waals surface area (Å²) in [4.78, 5) is 0. The zero-order valence-corrected chi connectivity index (χ0v) is 12.6. The molecule has 0 radical (unpaired) electrons. The number of hydrogen-bond acceptors (Lipinski definition) is 2. The highest BCUT2D eigenvalue weighted by atomic mass is 16.5. The third-order valence-electron chi connectivity index (χ3n) is 4.66. The maximum Gasteiger partial charge on any atom is 0.0694 e. The lowest BCUT2D eigenvalue weighted by molar-refractivity contribution is -0.109. The second kappa shape index (κ2) is 5.92. The lowest BCUT2D eigenvalue weighted by Crippen LogP contribution is -2.45. The maximum absolute atomic E-state index is 6.25. The normalized spacial score (nSPS) is 23.5. The minimum absolute atomic E-state index is 0.233. The van der Waals surface area contributed by atoms with Gasteiger partial charge in [-0.3, -0.25) is 0 Å². The number of ether oxygens (including phenoxy) is 1. The predicted molar refractivity (Wildman–Crippen MR) is 76.9 cm³/mol. The van der Waals surface area contributed by atoms with Gasteiger partial charge in [-0.15, -0.1) is 0 Å². The van der Waals surface area contributed by atoms with Gasteiger partial charge in [0, 0.05) is 12.1 Å². The van der Waals surface area contributed by atoms with Crippen LogP contribution in [-0.4, -0.2) is 24.3 Å². The molecule has 0 unspecified atom stereocenters. The van der Waals surface area contributed by atoms with E-state index in [0.717, 1.165) is 19.1 Å². The van der Waals surface area contributed by atoms with Gasteiger partial charge in [-0.05, 0) is 65.3 Å². The first-order chi connectivity index (χ1) is 8.49. The molecule has 0 aliphatic heterocycles. The van der Waals surface area contributed by atoms with Crippen LogP contribution in [0.4, 0.5) is 0 Å². The van der Waals surface area contributed by atoms with Crippen molar-refractivity contribution in [2.45, 2.75) is 83.3 Å². The summed E-state index contributed by atoms with van der Waals surface area (Å²) in [5.41, 5.74) is 0.471. The standard InChI is InChI=1S/C16H31NO/c1-15(2,3)17-12-11-16(9-5-10-16)18-13-8-14-6-4-7-14/h14,17H,4-13H2,1-3H3. The van der Waals surface area contributed by atoms with Crippen LogP contribution < -0.4 is 5.32 Å². The van der Waals surface area contributed by atoms with E-state index >= 15 is 0 Å². The smallest absolute Gasteiger partial charge is 0.0694 e. The van der Waals surface area contributed by atoms with Gasteiger partial charge in [-0.25, -0.2) is 0 Å². The Morgan fingerprint density at radius 2 is 1.89 bits per heavy atom. The molecule has 1 N–H and O–H groups in total. The average molecular weight is 253 g/mol. The van der Waals surface area contributed by atoms with Crippen molar-refractivity contribution in [1.29, 1.82) is 0 Å². The largest absolute Gasteiger partial charge is 0.375 e. The summed E-state index contributed by atoms with van der Waals surface area (Å²) in [5, 5.41) is 3.59. The summed E-state index contributed by atoms with van der Waals surface area (Å²) in [6, 6.07) is 0. The van der Waals surface area contributed by atoms with Crippen molar-refractivity contribution in [1.82, 2.24) is 5.32 Å². The van der Waals surface area contributed by atoms with Crippen molar-refractivity contribution in [3.63, 3.8) is 0 Å². The van der Waals surface area contributed by atoms with E-state index in [4.69, 9.17) is 4.74 Å². The molecule has 0 saturated heterocycles. The predicted octanol–water partition coefficient (Wildman–Crippen LogP) is 3.89. The van der Waals surface area contributed by atoms with E-state index in [0.29, 0.717) is 0 Å². The Bertz CT molecular complexity index is 248.